The van der Waals surface area contributed by atoms with Gasteiger partial charge in [-0.05, 0) is 38.4 Å². The fraction of sp³-hybridized carbons (Fsp3) is 0.467. The molecular formula is C15H19NO4S. The first-order valence-corrected chi connectivity index (χ1v) is 7.71. The molecule has 114 valence electrons. The lowest BCUT2D eigenvalue weighted by Crippen LogP contribution is -2.37. The fourth-order valence-corrected chi connectivity index (χ4v) is 2.88. The molecule has 0 bridgehead atoms. The maximum absolute atomic E-state index is 12.1. The number of aliphatic carboxylic acids is 1. The molecule has 0 aliphatic carbocycles. The van der Waals surface area contributed by atoms with Crippen molar-refractivity contribution in [3.8, 4) is 0 Å². The van der Waals surface area contributed by atoms with Crippen molar-refractivity contribution in [1.82, 2.24) is 4.90 Å². The third-order valence-corrected chi connectivity index (χ3v) is 4.20. The van der Waals surface area contributed by atoms with Crippen molar-refractivity contribution in [2.45, 2.75) is 37.1 Å². The normalized spacial score (nSPS) is 18.6. The number of hydrogen-bond donors (Lipinski definition) is 1. The van der Waals surface area contributed by atoms with Crippen LogP contribution in [0.5, 0.6) is 0 Å². The Balaban J connectivity index is 1.84. The molecular weight excluding hydrogens is 290 g/mol. The topological polar surface area (TPSA) is 66.8 Å². The molecule has 6 heteroatoms. The second-order valence-electron chi connectivity index (χ2n) is 5.14. The van der Waals surface area contributed by atoms with Gasteiger partial charge in [0, 0.05) is 11.4 Å². The predicted octanol–water partition coefficient (Wildman–Crippen LogP) is 2.48. The molecule has 1 N–H and O–H groups in total. The number of likely N-dealkylation sites (tertiary alicyclic amines) is 1. The highest BCUT2D eigenvalue weighted by molar-refractivity contribution is 7.95. The van der Waals surface area contributed by atoms with E-state index < -0.39 is 5.97 Å². The highest BCUT2D eigenvalue weighted by Gasteiger charge is 2.32. The summed E-state index contributed by atoms with van der Waals surface area (Å²) in [6.07, 6.45) is 1.68. The van der Waals surface area contributed by atoms with Crippen molar-refractivity contribution in [3.05, 3.63) is 29.8 Å². The fourth-order valence-electron chi connectivity index (χ4n) is 2.34. The number of rotatable bonds is 6. The van der Waals surface area contributed by atoms with Crippen LogP contribution in [0.2, 0.25) is 0 Å². The van der Waals surface area contributed by atoms with Crippen molar-refractivity contribution in [1.29, 1.82) is 0 Å². The molecule has 0 radical (unpaired) electrons. The molecule has 0 aromatic heterocycles. The molecule has 1 aliphatic heterocycles. The second kappa shape index (κ2) is 7.47. The van der Waals surface area contributed by atoms with E-state index in [0.717, 1.165) is 41.9 Å². The van der Waals surface area contributed by atoms with Gasteiger partial charge in [0.25, 0.3) is 0 Å². The van der Waals surface area contributed by atoms with Gasteiger partial charge in [-0.15, -0.1) is 0 Å². The third kappa shape index (κ3) is 4.75. The van der Waals surface area contributed by atoms with Gasteiger partial charge in [-0.25, -0.2) is 4.79 Å². The van der Waals surface area contributed by atoms with Crippen LogP contribution >= 0.6 is 12.0 Å². The summed E-state index contributed by atoms with van der Waals surface area (Å²) < 4.78 is 5.28. The molecule has 0 spiro atoms. The number of aryl methyl sites for hydroxylation is 1. The molecule has 5 nitrogen and oxygen atoms in total. The number of hydrogen-bond acceptors (Lipinski definition) is 5. The van der Waals surface area contributed by atoms with Crippen LogP contribution < -0.4 is 0 Å². The van der Waals surface area contributed by atoms with E-state index in [0.29, 0.717) is 6.54 Å². The summed E-state index contributed by atoms with van der Waals surface area (Å²) >= 11 is 1.06. The van der Waals surface area contributed by atoms with Crippen molar-refractivity contribution < 1.29 is 18.9 Å². The summed E-state index contributed by atoms with van der Waals surface area (Å²) in [5.74, 6) is -1.13. The van der Waals surface area contributed by atoms with Gasteiger partial charge in [-0.3, -0.25) is 9.69 Å². The summed E-state index contributed by atoms with van der Waals surface area (Å²) in [6, 6.07) is 7.42. The summed E-state index contributed by atoms with van der Waals surface area (Å²) in [5.41, 5.74) is 1.15. The summed E-state index contributed by atoms with van der Waals surface area (Å²) in [7, 11) is 0. The summed E-state index contributed by atoms with van der Waals surface area (Å²) in [4.78, 5) is 25.5. The van der Waals surface area contributed by atoms with Crippen LogP contribution in [-0.4, -0.2) is 41.1 Å². The molecule has 21 heavy (non-hydrogen) atoms. The Bertz CT molecular complexity index is 503. The maximum atomic E-state index is 12.1. The minimum Gasteiger partial charge on any atom is -0.481 e. The van der Waals surface area contributed by atoms with Gasteiger partial charge >= 0.3 is 11.9 Å². The van der Waals surface area contributed by atoms with Crippen LogP contribution in [-0.2, 0) is 13.8 Å². The Morgan fingerprint density at radius 1 is 1.38 bits per heavy atom. The van der Waals surface area contributed by atoms with E-state index in [1.54, 1.807) is 0 Å². The Morgan fingerprint density at radius 2 is 2.10 bits per heavy atom. The lowest BCUT2D eigenvalue weighted by atomic mass is 10.2. The molecule has 1 aromatic rings. The van der Waals surface area contributed by atoms with Gasteiger partial charge in [-0.1, -0.05) is 17.7 Å². The van der Waals surface area contributed by atoms with Gasteiger partial charge in [0.15, 0.2) is 0 Å². The molecule has 0 saturated carbocycles. The second-order valence-corrected chi connectivity index (χ2v) is 5.94. The smallest absolute Gasteiger partial charge is 0.335 e. The van der Waals surface area contributed by atoms with Gasteiger partial charge in [-0.2, -0.15) is 0 Å². The number of carboxylic acids is 1. The molecule has 1 aromatic carbocycles. The molecule has 1 aliphatic rings. The summed E-state index contributed by atoms with van der Waals surface area (Å²) in [5, 5.41) is 8.73. The first-order chi connectivity index (χ1) is 10.1. The quantitative estimate of drug-likeness (QED) is 0.814. The molecule has 1 unspecified atom stereocenters. The maximum Gasteiger partial charge on any atom is 0.335 e. The molecule has 1 fully saturated rings. The highest BCUT2D eigenvalue weighted by Crippen LogP contribution is 2.24. The van der Waals surface area contributed by atoms with E-state index in [1.807, 2.05) is 36.1 Å². The average Bonchev–Trinajstić information content (AvgIpc) is 2.92. The molecule has 0 amide bonds. The average molecular weight is 309 g/mol. The number of nitrogens with zero attached hydrogens (tertiary/aromatic N) is 1. The minimum absolute atomic E-state index is 0.0505. The van der Waals surface area contributed by atoms with Crippen molar-refractivity contribution in [3.63, 3.8) is 0 Å². The Kier molecular flexibility index (Phi) is 5.64. The SMILES string of the molecule is Cc1ccc(SOC(=O)C2CCCN2CCC(=O)O)cc1. The van der Waals surface area contributed by atoms with E-state index >= 15 is 0 Å². The zero-order valence-corrected chi connectivity index (χ0v) is 12.8. The van der Waals surface area contributed by atoms with E-state index in [-0.39, 0.29) is 18.4 Å². The Labute approximate surface area is 128 Å². The lowest BCUT2D eigenvalue weighted by molar-refractivity contribution is -0.141. The van der Waals surface area contributed by atoms with Gasteiger partial charge in [0.1, 0.15) is 6.04 Å². The van der Waals surface area contributed by atoms with Gasteiger partial charge in [0.05, 0.1) is 18.5 Å². The standard InChI is InChI=1S/C15H19NO4S/c1-11-4-6-12(7-5-11)21-20-15(19)13-3-2-9-16(13)10-8-14(17)18/h4-7,13H,2-3,8-10H2,1H3,(H,17,18). The predicted molar refractivity (Wildman–Crippen MR) is 80.0 cm³/mol. The van der Waals surface area contributed by atoms with E-state index in [9.17, 15) is 9.59 Å². The van der Waals surface area contributed by atoms with Crippen LogP contribution in [0.1, 0.15) is 24.8 Å². The van der Waals surface area contributed by atoms with Crippen LogP contribution in [0.4, 0.5) is 0 Å². The Hall–Kier alpha value is -1.53. The first kappa shape index (κ1) is 15.9. The molecule has 1 atom stereocenters. The monoisotopic (exact) mass is 309 g/mol. The van der Waals surface area contributed by atoms with E-state index in [4.69, 9.17) is 9.29 Å². The zero-order chi connectivity index (χ0) is 15.2. The van der Waals surface area contributed by atoms with Crippen molar-refractivity contribution in [2.75, 3.05) is 13.1 Å². The van der Waals surface area contributed by atoms with Gasteiger partial charge in [0.2, 0.25) is 0 Å². The van der Waals surface area contributed by atoms with Gasteiger partial charge < -0.3 is 9.29 Å². The third-order valence-electron chi connectivity index (χ3n) is 3.49. The van der Waals surface area contributed by atoms with Crippen LogP contribution in [0.15, 0.2) is 29.2 Å². The minimum atomic E-state index is -0.844. The molecule has 1 saturated heterocycles. The van der Waals surface area contributed by atoms with E-state index in [1.165, 1.54) is 0 Å². The highest BCUT2D eigenvalue weighted by atomic mass is 32.2. The molecule has 1 heterocycles. The number of benzene rings is 1. The van der Waals surface area contributed by atoms with Crippen LogP contribution in [0.25, 0.3) is 0 Å². The summed E-state index contributed by atoms with van der Waals surface area (Å²) in [6.45, 7) is 3.14. The number of carbonyl (C=O) groups excluding carboxylic acids is 1. The zero-order valence-electron chi connectivity index (χ0n) is 11.9. The first-order valence-electron chi connectivity index (χ1n) is 6.97. The number of carboxylic acid groups (broad SMARTS) is 1. The number of carbonyl (C=O) groups is 2. The van der Waals surface area contributed by atoms with Crippen molar-refractivity contribution >= 4 is 24.0 Å². The lowest BCUT2D eigenvalue weighted by Gasteiger charge is -2.21. The Morgan fingerprint density at radius 3 is 2.76 bits per heavy atom. The molecule has 2 rings (SSSR count). The van der Waals surface area contributed by atoms with Crippen molar-refractivity contribution in [2.24, 2.45) is 0 Å². The van der Waals surface area contributed by atoms with E-state index in [2.05, 4.69) is 0 Å². The largest absolute Gasteiger partial charge is 0.481 e. The van der Waals surface area contributed by atoms with Crippen LogP contribution in [0, 0.1) is 6.92 Å². The van der Waals surface area contributed by atoms with Crippen LogP contribution in [0.3, 0.4) is 0 Å².